The predicted octanol–water partition coefficient (Wildman–Crippen LogP) is 4.58. The van der Waals surface area contributed by atoms with Crippen LogP contribution >= 0.6 is 0 Å². The fraction of sp³-hybridized carbons (Fsp3) is 0.143. The molecule has 0 unspecified atom stereocenters. The third kappa shape index (κ3) is 4.25. The van der Waals surface area contributed by atoms with Crippen molar-refractivity contribution in [2.75, 3.05) is 17.3 Å². The molecule has 0 bridgehead atoms. The lowest BCUT2D eigenvalue weighted by Gasteiger charge is -2.13. The van der Waals surface area contributed by atoms with Crippen LogP contribution in [0.15, 0.2) is 66.9 Å². The molecule has 1 heterocycles. The first-order valence-corrected chi connectivity index (χ1v) is 8.37. The highest BCUT2D eigenvalue weighted by Crippen LogP contribution is 2.29. The maximum atomic E-state index is 12.5. The van der Waals surface area contributed by atoms with Crippen LogP contribution in [0.3, 0.4) is 0 Å². The molecule has 0 fully saturated rings. The summed E-state index contributed by atoms with van der Waals surface area (Å²) < 4.78 is 12.5. The van der Waals surface area contributed by atoms with Gasteiger partial charge in [0.15, 0.2) is 6.67 Å². The molecule has 1 aromatic heterocycles. The lowest BCUT2D eigenvalue weighted by Crippen LogP contribution is -2.13. The number of carbonyl (C=O) groups is 1. The molecule has 4 nitrogen and oxygen atoms in total. The molecule has 0 saturated heterocycles. The number of benzene rings is 2. The molecule has 5 heteroatoms. The van der Waals surface area contributed by atoms with Crippen LogP contribution in [-0.2, 0) is 11.3 Å². The summed E-state index contributed by atoms with van der Waals surface area (Å²) in [5.41, 5.74) is 5.44. The Kier molecular flexibility index (Phi) is 5.59. The maximum absolute atomic E-state index is 12.5. The third-order valence-corrected chi connectivity index (χ3v) is 4.07. The number of amides is 1. The summed E-state index contributed by atoms with van der Waals surface area (Å²) in [6, 6.07) is 19.2. The Morgan fingerprint density at radius 2 is 1.92 bits per heavy atom. The van der Waals surface area contributed by atoms with E-state index in [-0.39, 0.29) is 0 Å². The number of para-hydroxylation sites is 1. The van der Waals surface area contributed by atoms with Crippen LogP contribution in [0, 0.1) is 6.92 Å². The van der Waals surface area contributed by atoms with Gasteiger partial charge in [0.25, 0.3) is 5.91 Å². The molecule has 0 saturated carbocycles. The van der Waals surface area contributed by atoms with Crippen molar-refractivity contribution >= 4 is 17.3 Å². The van der Waals surface area contributed by atoms with Gasteiger partial charge in [-0.2, -0.15) is 0 Å². The quantitative estimate of drug-likeness (QED) is 0.685. The highest BCUT2D eigenvalue weighted by Gasteiger charge is 2.08. The topological polar surface area (TPSA) is 54.0 Å². The molecule has 0 aliphatic carbocycles. The van der Waals surface area contributed by atoms with Gasteiger partial charge in [0.2, 0.25) is 0 Å². The number of hydrogen-bond donors (Lipinski definition) is 2. The molecule has 2 N–H and O–H groups in total. The van der Waals surface area contributed by atoms with Gasteiger partial charge in [0, 0.05) is 23.1 Å². The SMILES string of the molecule is Cc1cccnc1CNc1cccc(-c2ccccc2NC(=O)CF)c1. The van der Waals surface area contributed by atoms with E-state index in [2.05, 4.69) is 15.6 Å². The van der Waals surface area contributed by atoms with E-state index in [1.165, 1.54) is 0 Å². The van der Waals surface area contributed by atoms with Crippen molar-refractivity contribution < 1.29 is 9.18 Å². The van der Waals surface area contributed by atoms with Crippen molar-refractivity contribution in [1.29, 1.82) is 0 Å². The zero-order valence-corrected chi connectivity index (χ0v) is 14.5. The first kappa shape index (κ1) is 17.6. The van der Waals surface area contributed by atoms with Crippen molar-refractivity contribution in [1.82, 2.24) is 4.98 Å². The second kappa shape index (κ2) is 8.25. The smallest absolute Gasteiger partial charge is 0.255 e. The van der Waals surface area contributed by atoms with Crippen molar-refractivity contribution in [2.45, 2.75) is 13.5 Å². The highest BCUT2D eigenvalue weighted by molar-refractivity contribution is 5.96. The molecule has 3 rings (SSSR count). The van der Waals surface area contributed by atoms with E-state index in [0.29, 0.717) is 12.2 Å². The van der Waals surface area contributed by atoms with E-state index in [0.717, 1.165) is 28.1 Å². The van der Waals surface area contributed by atoms with Gasteiger partial charge in [-0.15, -0.1) is 0 Å². The molecule has 0 atom stereocenters. The van der Waals surface area contributed by atoms with Crippen molar-refractivity contribution in [2.24, 2.45) is 0 Å². The van der Waals surface area contributed by atoms with Gasteiger partial charge in [-0.25, -0.2) is 4.39 Å². The van der Waals surface area contributed by atoms with Crippen molar-refractivity contribution in [3.8, 4) is 11.1 Å². The Morgan fingerprint density at radius 3 is 2.73 bits per heavy atom. The van der Waals surface area contributed by atoms with Gasteiger partial charge in [-0.05, 0) is 42.3 Å². The largest absolute Gasteiger partial charge is 0.379 e. The fourth-order valence-corrected chi connectivity index (χ4v) is 2.71. The average molecular weight is 349 g/mol. The second-order valence-electron chi connectivity index (χ2n) is 5.93. The molecule has 3 aromatic rings. The number of nitrogens with one attached hydrogen (secondary N) is 2. The highest BCUT2D eigenvalue weighted by atomic mass is 19.1. The molecule has 1 amide bonds. The molecule has 0 aliphatic rings. The summed E-state index contributed by atoms with van der Waals surface area (Å²) in [4.78, 5) is 15.8. The zero-order valence-electron chi connectivity index (χ0n) is 14.5. The monoisotopic (exact) mass is 349 g/mol. The summed E-state index contributed by atoms with van der Waals surface area (Å²) in [5.74, 6) is -0.655. The van der Waals surface area contributed by atoms with Crippen molar-refractivity contribution in [3.63, 3.8) is 0 Å². The summed E-state index contributed by atoms with van der Waals surface area (Å²) in [6.07, 6.45) is 1.78. The minimum absolute atomic E-state index is 0.591. The first-order valence-electron chi connectivity index (χ1n) is 8.37. The van der Waals surface area contributed by atoms with E-state index in [1.807, 2.05) is 61.5 Å². The standard InChI is InChI=1S/C21H20FN3O/c1-15-6-5-11-23-20(15)14-24-17-8-4-7-16(12-17)18-9-2-3-10-19(18)25-21(26)13-22/h2-12,24H,13-14H2,1H3,(H,25,26). The number of aromatic nitrogens is 1. The Balaban J connectivity index is 1.82. The Hall–Kier alpha value is -3.21. The van der Waals surface area contributed by atoms with Crippen LogP contribution < -0.4 is 10.6 Å². The number of nitrogens with zero attached hydrogens (tertiary/aromatic N) is 1. The number of halogens is 1. The molecule has 26 heavy (non-hydrogen) atoms. The average Bonchev–Trinajstić information content (AvgIpc) is 2.68. The van der Waals surface area contributed by atoms with Crippen molar-refractivity contribution in [3.05, 3.63) is 78.1 Å². The second-order valence-corrected chi connectivity index (χ2v) is 5.93. The Morgan fingerprint density at radius 1 is 1.08 bits per heavy atom. The van der Waals surface area contributed by atoms with Crippen LogP contribution in [-0.4, -0.2) is 17.6 Å². The summed E-state index contributed by atoms with van der Waals surface area (Å²) in [7, 11) is 0. The Bertz CT molecular complexity index is 911. The van der Waals surface area contributed by atoms with E-state index < -0.39 is 12.6 Å². The third-order valence-electron chi connectivity index (χ3n) is 4.07. The van der Waals surface area contributed by atoms with Crippen LogP contribution in [0.5, 0.6) is 0 Å². The molecule has 132 valence electrons. The van der Waals surface area contributed by atoms with Gasteiger partial charge >= 0.3 is 0 Å². The van der Waals surface area contributed by atoms with Crippen LogP contribution in [0.1, 0.15) is 11.3 Å². The maximum Gasteiger partial charge on any atom is 0.255 e. The number of anilines is 2. The van der Waals surface area contributed by atoms with Gasteiger partial charge in [-0.1, -0.05) is 36.4 Å². The molecular formula is C21H20FN3O. The summed E-state index contributed by atoms with van der Waals surface area (Å²) >= 11 is 0. The van der Waals surface area contributed by atoms with E-state index in [9.17, 15) is 9.18 Å². The van der Waals surface area contributed by atoms with Gasteiger partial charge in [-0.3, -0.25) is 9.78 Å². The number of alkyl halides is 1. The number of rotatable bonds is 6. The normalized spacial score (nSPS) is 10.4. The van der Waals surface area contributed by atoms with Gasteiger partial charge < -0.3 is 10.6 Å². The molecule has 0 radical (unpaired) electrons. The van der Waals surface area contributed by atoms with Crippen LogP contribution in [0.2, 0.25) is 0 Å². The summed E-state index contributed by atoms with van der Waals surface area (Å²) in [6.45, 7) is 1.61. The lowest BCUT2D eigenvalue weighted by molar-refractivity contribution is -0.117. The zero-order chi connectivity index (χ0) is 18.4. The van der Waals surface area contributed by atoms with E-state index in [4.69, 9.17) is 0 Å². The molecule has 0 aliphatic heterocycles. The van der Waals surface area contributed by atoms with Crippen LogP contribution in [0.4, 0.5) is 15.8 Å². The number of hydrogen-bond acceptors (Lipinski definition) is 3. The van der Waals surface area contributed by atoms with Gasteiger partial charge in [0.05, 0.1) is 12.2 Å². The van der Waals surface area contributed by atoms with Crippen LogP contribution in [0.25, 0.3) is 11.1 Å². The summed E-state index contributed by atoms with van der Waals surface area (Å²) in [5, 5.41) is 5.97. The van der Waals surface area contributed by atoms with E-state index >= 15 is 0 Å². The lowest BCUT2D eigenvalue weighted by atomic mass is 10.0. The van der Waals surface area contributed by atoms with Gasteiger partial charge in [0.1, 0.15) is 0 Å². The molecule has 2 aromatic carbocycles. The minimum Gasteiger partial charge on any atom is -0.379 e. The minimum atomic E-state index is -1.04. The number of pyridine rings is 1. The predicted molar refractivity (Wildman–Crippen MR) is 103 cm³/mol. The first-order chi connectivity index (χ1) is 12.7. The number of aryl methyl sites for hydroxylation is 1. The molecular weight excluding hydrogens is 329 g/mol. The molecule has 0 spiro atoms. The van der Waals surface area contributed by atoms with E-state index in [1.54, 1.807) is 12.3 Å². The Labute approximate surface area is 152 Å². The fourth-order valence-electron chi connectivity index (χ4n) is 2.71. The number of carbonyl (C=O) groups excluding carboxylic acids is 1.